The molecule has 1 atom stereocenters. The normalized spacial score (nSPS) is 11.8. The van der Waals surface area contributed by atoms with Crippen molar-refractivity contribution in [2.24, 2.45) is 0 Å². The molecule has 0 spiro atoms. The molecule has 6 heteroatoms. The standard InChI is InChI=1S/C46H88O6/c1-4-7-10-13-16-19-22-24-27-30-33-36-39-45(48)51-42-43(41-50-44(47)38-35-32-29-26-21-18-15-12-9-6-3)52-46(49)40-37-34-31-28-25-23-20-17-14-11-8-5-2/h43H,4-42H2,1-3H3. The molecular weight excluding hydrogens is 648 g/mol. The van der Waals surface area contributed by atoms with Crippen LogP contribution in [0.5, 0.6) is 0 Å². The van der Waals surface area contributed by atoms with E-state index in [4.69, 9.17) is 14.2 Å². The highest BCUT2D eigenvalue weighted by Crippen LogP contribution is 2.16. The minimum absolute atomic E-state index is 0.0627. The number of hydrogen-bond acceptors (Lipinski definition) is 6. The van der Waals surface area contributed by atoms with Crippen molar-refractivity contribution in [3.05, 3.63) is 0 Å². The predicted molar refractivity (Wildman–Crippen MR) is 220 cm³/mol. The molecule has 0 fully saturated rings. The number of hydrogen-bond donors (Lipinski definition) is 0. The van der Waals surface area contributed by atoms with Crippen LogP contribution < -0.4 is 0 Å². The Labute approximate surface area is 323 Å². The highest BCUT2D eigenvalue weighted by atomic mass is 16.6. The van der Waals surface area contributed by atoms with Gasteiger partial charge in [0.1, 0.15) is 13.2 Å². The van der Waals surface area contributed by atoms with Gasteiger partial charge in [-0.25, -0.2) is 0 Å². The second kappa shape index (κ2) is 42.2. The van der Waals surface area contributed by atoms with Gasteiger partial charge in [0.15, 0.2) is 6.10 Å². The number of carbonyl (C=O) groups is 3. The van der Waals surface area contributed by atoms with E-state index in [2.05, 4.69) is 20.8 Å². The Morgan fingerprint density at radius 2 is 0.519 bits per heavy atom. The quantitative estimate of drug-likeness (QED) is 0.0353. The van der Waals surface area contributed by atoms with Crippen molar-refractivity contribution in [3.8, 4) is 0 Å². The average Bonchev–Trinajstić information content (AvgIpc) is 3.14. The summed E-state index contributed by atoms with van der Waals surface area (Å²) < 4.78 is 16.7. The Kier molecular flexibility index (Phi) is 40.9. The van der Waals surface area contributed by atoms with Crippen LogP contribution >= 0.6 is 0 Å². The van der Waals surface area contributed by atoms with Crippen molar-refractivity contribution in [1.29, 1.82) is 0 Å². The summed E-state index contributed by atoms with van der Waals surface area (Å²) in [5.74, 6) is -0.852. The Morgan fingerprint density at radius 1 is 0.308 bits per heavy atom. The van der Waals surface area contributed by atoms with Gasteiger partial charge in [-0.2, -0.15) is 0 Å². The molecule has 0 amide bonds. The fraction of sp³-hybridized carbons (Fsp3) is 0.935. The fourth-order valence-electron chi connectivity index (χ4n) is 6.85. The molecule has 0 aromatic rings. The van der Waals surface area contributed by atoms with E-state index >= 15 is 0 Å². The van der Waals surface area contributed by atoms with Crippen molar-refractivity contribution < 1.29 is 28.6 Å². The van der Waals surface area contributed by atoms with E-state index in [-0.39, 0.29) is 31.1 Å². The smallest absolute Gasteiger partial charge is 0.306 e. The molecule has 6 nitrogen and oxygen atoms in total. The van der Waals surface area contributed by atoms with Crippen LogP contribution in [0.2, 0.25) is 0 Å². The highest BCUT2D eigenvalue weighted by Gasteiger charge is 2.19. The van der Waals surface area contributed by atoms with Gasteiger partial charge in [0.25, 0.3) is 0 Å². The molecule has 0 radical (unpaired) electrons. The van der Waals surface area contributed by atoms with Gasteiger partial charge < -0.3 is 14.2 Å². The summed E-state index contributed by atoms with van der Waals surface area (Å²) in [7, 11) is 0. The number of unbranched alkanes of at least 4 members (excludes halogenated alkanes) is 31. The fourth-order valence-corrected chi connectivity index (χ4v) is 6.85. The number of ether oxygens (including phenoxy) is 3. The summed E-state index contributed by atoms with van der Waals surface area (Å²) in [5, 5.41) is 0. The van der Waals surface area contributed by atoms with Crippen molar-refractivity contribution >= 4 is 17.9 Å². The number of esters is 3. The van der Waals surface area contributed by atoms with Gasteiger partial charge in [-0.05, 0) is 19.3 Å². The molecule has 0 saturated carbocycles. The summed E-state index contributed by atoms with van der Waals surface area (Å²) in [6.07, 6.45) is 42.2. The summed E-state index contributed by atoms with van der Waals surface area (Å²) in [4.78, 5) is 37.7. The molecule has 0 bridgehead atoms. The predicted octanol–water partition coefficient (Wildman–Crippen LogP) is 14.5. The topological polar surface area (TPSA) is 78.9 Å². The van der Waals surface area contributed by atoms with Crippen LogP contribution in [-0.2, 0) is 28.6 Å². The van der Waals surface area contributed by atoms with E-state index in [0.29, 0.717) is 19.3 Å². The average molecular weight is 737 g/mol. The van der Waals surface area contributed by atoms with Crippen molar-refractivity contribution in [1.82, 2.24) is 0 Å². The Balaban J connectivity index is 4.32. The molecule has 1 unspecified atom stereocenters. The van der Waals surface area contributed by atoms with Gasteiger partial charge in [-0.1, -0.05) is 220 Å². The number of rotatable bonds is 42. The van der Waals surface area contributed by atoms with Crippen LogP contribution in [-0.4, -0.2) is 37.2 Å². The molecule has 0 aromatic heterocycles. The first-order valence-electron chi connectivity index (χ1n) is 23.0. The van der Waals surface area contributed by atoms with Crippen LogP contribution in [0, 0.1) is 0 Å². The van der Waals surface area contributed by atoms with Gasteiger partial charge in [0.05, 0.1) is 0 Å². The van der Waals surface area contributed by atoms with E-state index in [1.165, 1.54) is 161 Å². The van der Waals surface area contributed by atoms with Gasteiger partial charge in [-0.15, -0.1) is 0 Å². The third kappa shape index (κ3) is 39.6. The zero-order valence-corrected chi connectivity index (χ0v) is 35.1. The van der Waals surface area contributed by atoms with Crippen LogP contribution in [0.15, 0.2) is 0 Å². The lowest BCUT2D eigenvalue weighted by Crippen LogP contribution is -2.30. The van der Waals surface area contributed by atoms with E-state index in [0.717, 1.165) is 57.8 Å². The Morgan fingerprint density at radius 3 is 0.769 bits per heavy atom. The second-order valence-electron chi connectivity index (χ2n) is 15.7. The van der Waals surface area contributed by atoms with Crippen molar-refractivity contribution in [2.75, 3.05) is 13.2 Å². The molecule has 0 aliphatic rings. The molecule has 0 heterocycles. The lowest BCUT2D eigenvalue weighted by molar-refractivity contribution is -0.167. The van der Waals surface area contributed by atoms with Gasteiger partial charge in [-0.3, -0.25) is 14.4 Å². The first-order valence-corrected chi connectivity index (χ1v) is 23.0. The van der Waals surface area contributed by atoms with E-state index < -0.39 is 6.10 Å². The van der Waals surface area contributed by atoms with Crippen molar-refractivity contribution in [3.63, 3.8) is 0 Å². The third-order valence-electron chi connectivity index (χ3n) is 10.4. The summed E-state index contributed by atoms with van der Waals surface area (Å²) in [5.41, 5.74) is 0. The molecule has 0 rings (SSSR count). The van der Waals surface area contributed by atoms with E-state index in [1.807, 2.05) is 0 Å². The minimum Gasteiger partial charge on any atom is -0.462 e. The highest BCUT2D eigenvalue weighted by molar-refractivity contribution is 5.71. The molecule has 0 N–H and O–H groups in total. The van der Waals surface area contributed by atoms with Crippen LogP contribution in [0.25, 0.3) is 0 Å². The first kappa shape index (κ1) is 50.4. The molecule has 0 aliphatic carbocycles. The second-order valence-corrected chi connectivity index (χ2v) is 15.7. The monoisotopic (exact) mass is 737 g/mol. The molecule has 52 heavy (non-hydrogen) atoms. The molecule has 308 valence electrons. The van der Waals surface area contributed by atoms with Crippen LogP contribution in [0.3, 0.4) is 0 Å². The zero-order valence-electron chi connectivity index (χ0n) is 35.1. The maximum absolute atomic E-state index is 12.7. The lowest BCUT2D eigenvalue weighted by atomic mass is 10.0. The first-order chi connectivity index (χ1) is 25.5. The van der Waals surface area contributed by atoms with Gasteiger partial charge in [0.2, 0.25) is 0 Å². The largest absolute Gasteiger partial charge is 0.462 e. The minimum atomic E-state index is -0.757. The number of carbonyl (C=O) groups excluding carboxylic acids is 3. The molecular formula is C46H88O6. The van der Waals surface area contributed by atoms with Gasteiger partial charge >= 0.3 is 17.9 Å². The summed E-state index contributed by atoms with van der Waals surface area (Å²) in [6, 6.07) is 0. The Hall–Kier alpha value is -1.59. The molecule has 0 saturated heterocycles. The third-order valence-corrected chi connectivity index (χ3v) is 10.4. The molecule has 0 aromatic carbocycles. The maximum Gasteiger partial charge on any atom is 0.306 e. The van der Waals surface area contributed by atoms with E-state index in [9.17, 15) is 14.4 Å². The lowest BCUT2D eigenvalue weighted by Gasteiger charge is -2.18. The zero-order chi connectivity index (χ0) is 38.0. The van der Waals surface area contributed by atoms with Crippen LogP contribution in [0.4, 0.5) is 0 Å². The molecule has 0 aliphatic heterocycles. The Bertz CT molecular complexity index is 768. The van der Waals surface area contributed by atoms with Crippen LogP contribution in [0.1, 0.15) is 258 Å². The van der Waals surface area contributed by atoms with Crippen molar-refractivity contribution in [2.45, 2.75) is 264 Å². The summed E-state index contributed by atoms with van der Waals surface area (Å²) >= 11 is 0. The maximum atomic E-state index is 12.7. The van der Waals surface area contributed by atoms with E-state index in [1.54, 1.807) is 0 Å². The SMILES string of the molecule is CCCCCCCCCCCCCCC(=O)OCC(COC(=O)CCCCCCCCCCCC)OC(=O)CCCCCCCCCCCCCC. The summed E-state index contributed by atoms with van der Waals surface area (Å²) in [6.45, 7) is 6.64. The van der Waals surface area contributed by atoms with Gasteiger partial charge in [0, 0.05) is 19.3 Å².